The second kappa shape index (κ2) is 4.61. The van der Waals surface area contributed by atoms with Gasteiger partial charge in [0.05, 0.1) is 17.1 Å². The highest BCUT2D eigenvalue weighted by atomic mass is 32.2. The van der Waals surface area contributed by atoms with Crippen molar-refractivity contribution in [2.24, 2.45) is 0 Å². The van der Waals surface area contributed by atoms with Crippen molar-refractivity contribution in [2.45, 2.75) is 18.1 Å². The third-order valence-electron chi connectivity index (χ3n) is 3.85. The van der Waals surface area contributed by atoms with E-state index < -0.39 is 14.8 Å². The zero-order valence-electron chi connectivity index (χ0n) is 11.5. The predicted molar refractivity (Wildman–Crippen MR) is 82.3 cm³/mol. The first-order chi connectivity index (χ1) is 9.98. The van der Waals surface area contributed by atoms with Gasteiger partial charge in [0.25, 0.3) is 0 Å². The number of hydrogen-bond donors (Lipinski definition) is 0. The van der Waals surface area contributed by atoms with Crippen LogP contribution in [0.5, 0.6) is 0 Å². The van der Waals surface area contributed by atoms with Crippen LogP contribution in [0.25, 0.3) is 10.9 Å². The van der Waals surface area contributed by atoms with Crippen molar-refractivity contribution in [3.05, 3.63) is 60.3 Å². The Bertz CT molecular complexity index is 913. The molecule has 106 valence electrons. The predicted octanol–water partition coefficient (Wildman–Crippen LogP) is 2.97. The maximum Gasteiger partial charge on any atom is 0.248 e. The molecule has 1 aliphatic rings. The summed E-state index contributed by atoms with van der Waals surface area (Å²) in [5.74, 6) is 0. The Balaban J connectivity index is 2.22. The molecule has 4 nitrogen and oxygen atoms in total. The van der Waals surface area contributed by atoms with Crippen molar-refractivity contribution < 1.29 is 8.42 Å². The highest BCUT2D eigenvalue weighted by Crippen LogP contribution is 2.31. The number of aromatic nitrogens is 1. The van der Waals surface area contributed by atoms with Gasteiger partial charge in [0.1, 0.15) is 4.75 Å². The number of nitrogens with zero attached hydrogens (tertiary/aromatic N) is 2. The Morgan fingerprint density at radius 1 is 1.29 bits per heavy atom. The molecule has 1 aromatic carbocycles. The van der Waals surface area contributed by atoms with Gasteiger partial charge in [0.2, 0.25) is 10.0 Å². The lowest BCUT2D eigenvalue weighted by Gasteiger charge is -2.27. The molecule has 0 N–H and O–H groups in total. The average molecular weight is 298 g/mol. The van der Waals surface area contributed by atoms with E-state index in [9.17, 15) is 8.42 Å². The normalized spacial score (nSPS) is 21.5. The zero-order valence-corrected chi connectivity index (χ0v) is 12.3. The van der Waals surface area contributed by atoms with E-state index in [1.54, 1.807) is 49.5 Å². The van der Waals surface area contributed by atoms with Crippen LogP contribution < -0.4 is 0 Å². The molecule has 1 heterocycles. The van der Waals surface area contributed by atoms with Crippen LogP contribution in [0.2, 0.25) is 0 Å². The lowest BCUT2D eigenvalue weighted by atomic mass is 10.0. The Morgan fingerprint density at radius 2 is 2.10 bits per heavy atom. The molecule has 1 aliphatic carbocycles. The SMILES string of the molecule is CC1(S(=O)(=O)n2ccc3ccc(C#N)cc32)C=CC=CC1. The maximum atomic E-state index is 13.0. The molecule has 5 heteroatoms. The highest BCUT2D eigenvalue weighted by Gasteiger charge is 2.38. The molecule has 0 aliphatic heterocycles. The van der Waals surface area contributed by atoms with E-state index in [-0.39, 0.29) is 0 Å². The van der Waals surface area contributed by atoms with Gasteiger partial charge in [-0.2, -0.15) is 5.26 Å². The topological polar surface area (TPSA) is 62.9 Å². The van der Waals surface area contributed by atoms with Crippen molar-refractivity contribution in [1.82, 2.24) is 3.97 Å². The number of allylic oxidation sites excluding steroid dienone is 3. The molecule has 21 heavy (non-hydrogen) atoms. The molecule has 0 radical (unpaired) electrons. The van der Waals surface area contributed by atoms with Crippen molar-refractivity contribution in [1.29, 1.82) is 5.26 Å². The smallest absolute Gasteiger partial charge is 0.244 e. The monoisotopic (exact) mass is 298 g/mol. The summed E-state index contributed by atoms with van der Waals surface area (Å²) in [6, 6.07) is 8.85. The molecule has 0 spiro atoms. The largest absolute Gasteiger partial charge is 0.248 e. The van der Waals surface area contributed by atoms with Gasteiger partial charge in [0, 0.05) is 11.6 Å². The highest BCUT2D eigenvalue weighted by molar-refractivity contribution is 7.91. The Hall–Kier alpha value is -2.32. The van der Waals surface area contributed by atoms with Gasteiger partial charge in [-0.3, -0.25) is 0 Å². The van der Waals surface area contributed by atoms with Gasteiger partial charge in [-0.1, -0.05) is 30.4 Å². The summed E-state index contributed by atoms with van der Waals surface area (Å²) in [5.41, 5.74) is 0.986. The quantitative estimate of drug-likeness (QED) is 0.856. The summed E-state index contributed by atoms with van der Waals surface area (Å²) in [7, 11) is -3.60. The molecule has 1 aromatic heterocycles. The minimum atomic E-state index is -3.60. The van der Waals surface area contributed by atoms with Crippen molar-refractivity contribution in [3.8, 4) is 6.07 Å². The summed E-state index contributed by atoms with van der Waals surface area (Å²) in [4.78, 5) is 0. The lowest BCUT2D eigenvalue weighted by Crippen LogP contribution is -2.37. The first kappa shape index (κ1) is 13.7. The zero-order chi connectivity index (χ0) is 15.1. The molecule has 0 amide bonds. The third kappa shape index (κ3) is 1.99. The van der Waals surface area contributed by atoms with Crippen LogP contribution in [0.15, 0.2) is 54.8 Å². The average Bonchev–Trinajstić information content (AvgIpc) is 2.91. The summed E-state index contributed by atoms with van der Waals surface area (Å²) in [5, 5.41) is 9.80. The maximum absolute atomic E-state index is 13.0. The fourth-order valence-electron chi connectivity index (χ4n) is 2.51. The van der Waals surface area contributed by atoms with E-state index in [1.807, 2.05) is 18.2 Å². The third-order valence-corrected chi connectivity index (χ3v) is 6.17. The Kier molecular flexibility index (Phi) is 2.99. The number of nitriles is 1. The lowest BCUT2D eigenvalue weighted by molar-refractivity contribution is 0.555. The minimum Gasteiger partial charge on any atom is -0.244 e. The summed E-state index contributed by atoms with van der Waals surface area (Å²) < 4.78 is 26.3. The van der Waals surface area contributed by atoms with E-state index in [4.69, 9.17) is 5.26 Å². The fourth-order valence-corrected chi connectivity index (χ4v) is 4.15. The molecule has 1 unspecified atom stereocenters. The number of rotatable bonds is 2. The van der Waals surface area contributed by atoms with E-state index >= 15 is 0 Å². The summed E-state index contributed by atoms with van der Waals surface area (Å²) in [6.07, 6.45) is 9.15. The summed E-state index contributed by atoms with van der Waals surface area (Å²) >= 11 is 0. The number of fused-ring (bicyclic) bond motifs is 1. The van der Waals surface area contributed by atoms with Crippen molar-refractivity contribution in [3.63, 3.8) is 0 Å². The number of benzene rings is 1. The first-order valence-corrected chi connectivity index (χ1v) is 8.03. The van der Waals surface area contributed by atoms with Gasteiger partial charge < -0.3 is 0 Å². The Labute approximate surface area is 123 Å². The van der Waals surface area contributed by atoms with Crippen LogP contribution in [0, 0.1) is 11.3 Å². The molecule has 0 fully saturated rings. The van der Waals surface area contributed by atoms with E-state index in [2.05, 4.69) is 0 Å². The van der Waals surface area contributed by atoms with E-state index in [0.717, 1.165) is 5.39 Å². The van der Waals surface area contributed by atoms with Gasteiger partial charge in [0.15, 0.2) is 0 Å². The van der Waals surface area contributed by atoms with Crippen LogP contribution in [0.1, 0.15) is 18.9 Å². The van der Waals surface area contributed by atoms with Gasteiger partial charge >= 0.3 is 0 Å². The molecule has 1 atom stereocenters. The molecular formula is C16H14N2O2S. The van der Waals surface area contributed by atoms with Crippen LogP contribution in [0.3, 0.4) is 0 Å². The second-order valence-corrected chi connectivity index (χ2v) is 7.58. The standard InChI is InChI=1S/C16H14N2O2S/c1-16(8-3-2-4-9-16)21(19,20)18-10-7-14-6-5-13(12-17)11-15(14)18/h2-8,10-11H,9H2,1H3. The molecular weight excluding hydrogens is 284 g/mol. The van der Waals surface area contributed by atoms with Crippen molar-refractivity contribution in [2.75, 3.05) is 0 Å². The summed E-state index contributed by atoms with van der Waals surface area (Å²) in [6.45, 7) is 1.71. The Morgan fingerprint density at radius 3 is 2.76 bits per heavy atom. The van der Waals surface area contributed by atoms with Crippen LogP contribution in [-0.2, 0) is 10.0 Å². The van der Waals surface area contributed by atoms with Gasteiger partial charge in [-0.05, 0) is 31.5 Å². The number of hydrogen-bond acceptors (Lipinski definition) is 3. The van der Waals surface area contributed by atoms with E-state index in [1.165, 1.54) is 3.97 Å². The first-order valence-electron chi connectivity index (χ1n) is 6.59. The minimum absolute atomic E-state index is 0.434. The van der Waals surface area contributed by atoms with Crippen molar-refractivity contribution >= 4 is 20.9 Å². The molecule has 2 aromatic rings. The van der Waals surface area contributed by atoms with Crippen LogP contribution in [-0.4, -0.2) is 17.1 Å². The van der Waals surface area contributed by atoms with Crippen LogP contribution in [0.4, 0.5) is 0 Å². The van der Waals surface area contributed by atoms with Crippen LogP contribution >= 0.6 is 0 Å². The molecule has 0 bridgehead atoms. The molecule has 3 rings (SSSR count). The van der Waals surface area contributed by atoms with E-state index in [0.29, 0.717) is 17.5 Å². The fraction of sp³-hybridized carbons (Fsp3) is 0.188. The second-order valence-electron chi connectivity index (χ2n) is 5.31. The van der Waals surface area contributed by atoms with Gasteiger partial charge in [-0.15, -0.1) is 0 Å². The molecule has 0 saturated carbocycles. The van der Waals surface area contributed by atoms with Gasteiger partial charge in [-0.25, -0.2) is 12.4 Å². The molecule has 0 saturated heterocycles.